The van der Waals surface area contributed by atoms with Crippen molar-refractivity contribution in [2.24, 2.45) is 0 Å². The fourth-order valence-corrected chi connectivity index (χ4v) is 1.93. The maximum absolute atomic E-state index is 5.44. The molecule has 2 aromatic rings. The summed E-state index contributed by atoms with van der Waals surface area (Å²) in [6.07, 6.45) is 3.31. The molecule has 106 valence electrons. The highest BCUT2D eigenvalue weighted by Crippen LogP contribution is 2.31. The SMILES string of the molecule is CCNc1ncnc(N(C)Cc2ccccn2)c1OC. The molecular weight excluding hydrogens is 254 g/mol. The van der Waals surface area contributed by atoms with Crippen molar-refractivity contribution in [3.63, 3.8) is 0 Å². The monoisotopic (exact) mass is 273 g/mol. The standard InChI is InChI=1S/C14H19N5O/c1-4-15-13-12(20-3)14(18-10-17-13)19(2)9-11-7-5-6-8-16-11/h5-8,10H,4,9H2,1-3H3,(H,15,17,18). The van der Waals surface area contributed by atoms with Crippen molar-refractivity contribution in [1.82, 2.24) is 15.0 Å². The number of aromatic nitrogens is 3. The quantitative estimate of drug-likeness (QED) is 0.868. The summed E-state index contributed by atoms with van der Waals surface area (Å²) >= 11 is 0. The summed E-state index contributed by atoms with van der Waals surface area (Å²) in [4.78, 5) is 14.8. The molecule has 0 amide bonds. The van der Waals surface area contributed by atoms with Crippen molar-refractivity contribution in [3.8, 4) is 5.75 Å². The lowest BCUT2D eigenvalue weighted by Crippen LogP contribution is -2.20. The van der Waals surface area contributed by atoms with E-state index < -0.39 is 0 Å². The van der Waals surface area contributed by atoms with E-state index in [1.165, 1.54) is 6.33 Å². The molecule has 2 rings (SSSR count). The van der Waals surface area contributed by atoms with Gasteiger partial charge in [0.1, 0.15) is 6.33 Å². The van der Waals surface area contributed by atoms with Gasteiger partial charge in [0.2, 0.25) is 5.75 Å². The number of anilines is 2. The lowest BCUT2D eigenvalue weighted by molar-refractivity contribution is 0.412. The van der Waals surface area contributed by atoms with Crippen LogP contribution in [-0.4, -0.2) is 35.7 Å². The van der Waals surface area contributed by atoms with Crippen molar-refractivity contribution >= 4 is 11.6 Å². The molecule has 0 unspecified atom stereocenters. The van der Waals surface area contributed by atoms with Crippen LogP contribution in [0.4, 0.5) is 11.6 Å². The van der Waals surface area contributed by atoms with E-state index in [-0.39, 0.29) is 0 Å². The molecule has 0 bridgehead atoms. The smallest absolute Gasteiger partial charge is 0.204 e. The highest BCUT2D eigenvalue weighted by Gasteiger charge is 2.15. The third kappa shape index (κ3) is 3.14. The second-order valence-electron chi connectivity index (χ2n) is 4.29. The first kappa shape index (κ1) is 14.0. The van der Waals surface area contributed by atoms with Crippen LogP contribution in [0.3, 0.4) is 0 Å². The van der Waals surface area contributed by atoms with Gasteiger partial charge in [-0.3, -0.25) is 4.98 Å². The molecule has 20 heavy (non-hydrogen) atoms. The zero-order valence-electron chi connectivity index (χ0n) is 12.0. The fourth-order valence-electron chi connectivity index (χ4n) is 1.93. The predicted molar refractivity (Wildman–Crippen MR) is 79.1 cm³/mol. The van der Waals surface area contributed by atoms with Crippen molar-refractivity contribution in [2.75, 3.05) is 30.9 Å². The minimum atomic E-state index is 0.646. The van der Waals surface area contributed by atoms with E-state index in [2.05, 4.69) is 20.3 Å². The van der Waals surface area contributed by atoms with E-state index in [9.17, 15) is 0 Å². The third-order valence-corrected chi connectivity index (χ3v) is 2.82. The van der Waals surface area contributed by atoms with Crippen LogP contribution in [0.25, 0.3) is 0 Å². The molecule has 0 aliphatic carbocycles. The van der Waals surface area contributed by atoms with E-state index in [1.807, 2.05) is 37.1 Å². The molecule has 0 aliphatic rings. The average molecular weight is 273 g/mol. The van der Waals surface area contributed by atoms with Gasteiger partial charge in [-0.05, 0) is 19.1 Å². The molecule has 1 N–H and O–H groups in total. The summed E-state index contributed by atoms with van der Waals surface area (Å²) in [5.41, 5.74) is 0.973. The van der Waals surface area contributed by atoms with Crippen LogP contribution >= 0.6 is 0 Å². The zero-order chi connectivity index (χ0) is 14.4. The van der Waals surface area contributed by atoms with Crippen molar-refractivity contribution in [1.29, 1.82) is 0 Å². The van der Waals surface area contributed by atoms with Crippen molar-refractivity contribution in [2.45, 2.75) is 13.5 Å². The Kier molecular flexibility index (Phi) is 4.70. The highest BCUT2D eigenvalue weighted by atomic mass is 16.5. The molecular formula is C14H19N5O. The average Bonchev–Trinajstić information content (AvgIpc) is 2.48. The minimum Gasteiger partial charge on any atom is -0.490 e. The molecule has 0 saturated heterocycles. The lowest BCUT2D eigenvalue weighted by Gasteiger charge is -2.21. The van der Waals surface area contributed by atoms with E-state index in [1.54, 1.807) is 13.3 Å². The number of hydrogen-bond donors (Lipinski definition) is 1. The maximum atomic E-state index is 5.44. The molecule has 0 aliphatic heterocycles. The topological polar surface area (TPSA) is 63.2 Å². The number of pyridine rings is 1. The molecule has 0 saturated carbocycles. The molecule has 0 aromatic carbocycles. The Morgan fingerprint density at radius 2 is 2.10 bits per heavy atom. The second-order valence-corrected chi connectivity index (χ2v) is 4.29. The van der Waals surface area contributed by atoms with Gasteiger partial charge in [-0.25, -0.2) is 9.97 Å². The Hall–Kier alpha value is -2.37. The predicted octanol–water partition coefficient (Wildman–Crippen LogP) is 1.95. The van der Waals surface area contributed by atoms with Gasteiger partial charge in [-0.2, -0.15) is 0 Å². The summed E-state index contributed by atoms with van der Waals surface area (Å²) in [6, 6.07) is 5.85. The van der Waals surface area contributed by atoms with E-state index in [0.29, 0.717) is 18.1 Å². The minimum absolute atomic E-state index is 0.646. The largest absolute Gasteiger partial charge is 0.490 e. The normalized spacial score (nSPS) is 10.2. The molecule has 2 heterocycles. The molecule has 0 radical (unpaired) electrons. The van der Waals surface area contributed by atoms with Crippen molar-refractivity contribution < 1.29 is 4.74 Å². The maximum Gasteiger partial charge on any atom is 0.204 e. The lowest BCUT2D eigenvalue weighted by atomic mass is 10.3. The number of hydrogen-bond acceptors (Lipinski definition) is 6. The van der Waals surface area contributed by atoms with Crippen LogP contribution in [-0.2, 0) is 6.54 Å². The fraction of sp³-hybridized carbons (Fsp3) is 0.357. The molecule has 0 atom stereocenters. The number of nitrogens with zero attached hydrogens (tertiary/aromatic N) is 4. The summed E-state index contributed by atoms with van der Waals surface area (Å²) in [5.74, 6) is 2.09. The summed E-state index contributed by atoms with van der Waals surface area (Å²) < 4.78 is 5.44. The van der Waals surface area contributed by atoms with Crippen molar-refractivity contribution in [3.05, 3.63) is 36.4 Å². The second kappa shape index (κ2) is 6.70. The molecule has 2 aromatic heterocycles. The highest BCUT2D eigenvalue weighted by molar-refractivity contribution is 5.64. The third-order valence-electron chi connectivity index (χ3n) is 2.82. The first-order valence-electron chi connectivity index (χ1n) is 6.50. The number of methoxy groups -OCH3 is 1. The van der Waals surface area contributed by atoms with Crippen LogP contribution < -0.4 is 15.0 Å². The van der Waals surface area contributed by atoms with Gasteiger partial charge in [0.15, 0.2) is 11.6 Å². The summed E-state index contributed by atoms with van der Waals surface area (Å²) in [5, 5.41) is 3.17. The van der Waals surface area contributed by atoms with E-state index >= 15 is 0 Å². The zero-order valence-corrected chi connectivity index (χ0v) is 12.0. The van der Waals surface area contributed by atoms with Crippen LogP contribution in [0.1, 0.15) is 12.6 Å². The van der Waals surface area contributed by atoms with Crippen LogP contribution in [0.2, 0.25) is 0 Å². The molecule has 0 spiro atoms. The van der Waals surface area contributed by atoms with Gasteiger partial charge in [-0.15, -0.1) is 0 Å². The Morgan fingerprint density at radius 3 is 2.75 bits per heavy atom. The number of rotatable bonds is 6. The Labute approximate surface area is 118 Å². The van der Waals surface area contributed by atoms with E-state index in [4.69, 9.17) is 4.74 Å². The molecule has 0 fully saturated rings. The van der Waals surface area contributed by atoms with E-state index in [0.717, 1.165) is 18.1 Å². The Bertz CT molecular complexity index is 547. The van der Waals surface area contributed by atoms with Crippen LogP contribution in [0.5, 0.6) is 5.75 Å². The first-order valence-corrected chi connectivity index (χ1v) is 6.50. The van der Waals surface area contributed by atoms with Gasteiger partial charge >= 0.3 is 0 Å². The first-order chi connectivity index (χ1) is 9.76. The van der Waals surface area contributed by atoms with Gasteiger partial charge in [-0.1, -0.05) is 6.07 Å². The Balaban J connectivity index is 2.25. The molecule has 6 nitrogen and oxygen atoms in total. The number of nitrogens with one attached hydrogen (secondary N) is 1. The van der Waals surface area contributed by atoms with Gasteiger partial charge in [0.25, 0.3) is 0 Å². The Morgan fingerprint density at radius 1 is 1.25 bits per heavy atom. The van der Waals surface area contributed by atoms with Crippen LogP contribution in [0, 0.1) is 0 Å². The summed E-state index contributed by atoms with van der Waals surface area (Å²) in [7, 11) is 3.58. The van der Waals surface area contributed by atoms with Crippen LogP contribution in [0.15, 0.2) is 30.7 Å². The van der Waals surface area contributed by atoms with Gasteiger partial charge < -0.3 is 15.0 Å². The van der Waals surface area contributed by atoms with Gasteiger partial charge in [0.05, 0.1) is 19.3 Å². The number of ether oxygens (including phenoxy) is 1. The molecule has 6 heteroatoms. The van der Waals surface area contributed by atoms with Gasteiger partial charge in [0, 0.05) is 19.8 Å². The summed E-state index contributed by atoms with van der Waals surface area (Å²) in [6.45, 7) is 3.44.